The molecule has 0 radical (unpaired) electrons. The fourth-order valence-electron chi connectivity index (χ4n) is 0.721. The Bertz CT molecular complexity index is 121. The maximum atomic E-state index is 9.67. The largest absolute Gasteiger partial charge is 0.500 e. The van der Waals surface area contributed by atoms with E-state index in [0.29, 0.717) is 6.32 Å². The van der Waals surface area contributed by atoms with Gasteiger partial charge in [-0.1, -0.05) is 26.2 Å². The molecule has 0 aliphatic rings. The zero-order valence-electron chi connectivity index (χ0n) is 6.52. The zero-order chi connectivity index (χ0) is 8.69. The van der Waals surface area contributed by atoms with E-state index in [9.17, 15) is 10.1 Å². The summed E-state index contributed by atoms with van der Waals surface area (Å²) in [5.41, 5.74) is 0. The minimum atomic E-state index is -1.25. The van der Waals surface area contributed by atoms with Crippen LogP contribution in [0.3, 0.4) is 0 Å². The normalized spacial score (nSPS) is 9.27. The van der Waals surface area contributed by atoms with E-state index < -0.39 is 12.2 Å². The van der Waals surface area contributed by atoms with Gasteiger partial charge in [0, 0.05) is 0 Å². The van der Waals surface area contributed by atoms with E-state index in [2.05, 4.69) is 4.76 Å². The van der Waals surface area contributed by atoms with E-state index in [4.69, 9.17) is 5.02 Å². The average molecular weight is 161 g/mol. The number of unbranched alkanes of at least 4 members (excludes halogenated alkanes) is 2. The van der Waals surface area contributed by atoms with Crippen molar-refractivity contribution in [2.75, 3.05) is 0 Å². The summed E-state index contributed by atoms with van der Waals surface area (Å²) < 4.78 is 3.87. The van der Waals surface area contributed by atoms with Gasteiger partial charge in [-0.25, -0.2) is 0 Å². The standard InChI is InChI=1S/C5H12BNO4/c1-2-3-4-5-6(8)11-7(9)10/h8H,2-5H2,1H3. The van der Waals surface area contributed by atoms with Gasteiger partial charge >= 0.3 is 7.12 Å². The quantitative estimate of drug-likeness (QED) is 0.271. The van der Waals surface area contributed by atoms with Crippen LogP contribution in [0.4, 0.5) is 0 Å². The first-order chi connectivity index (χ1) is 5.16. The van der Waals surface area contributed by atoms with Crippen molar-refractivity contribution in [3.63, 3.8) is 0 Å². The van der Waals surface area contributed by atoms with Crippen LogP contribution >= 0.6 is 0 Å². The van der Waals surface area contributed by atoms with Crippen LogP contribution in [0.1, 0.15) is 26.2 Å². The highest BCUT2D eigenvalue weighted by Crippen LogP contribution is 2.02. The molecule has 0 aromatic rings. The van der Waals surface area contributed by atoms with E-state index in [0.717, 1.165) is 19.3 Å². The van der Waals surface area contributed by atoms with Crippen molar-refractivity contribution in [3.8, 4) is 0 Å². The van der Waals surface area contributed by atoms with Gasteiger partial charge in [0.1, 0.15) is 0 Å². The molecular weight excluding hydrogens is 149 g/mol. The van der Waals surface area contributed by atoms with Crippen molar-refractivity contribution < 1.29 is 14.9 Å². The van der Waals surface area contributed by atoms with Crippen LogP contribution in [0.15, 0.2) is 0 Å². The highest BCUT2D eigenvalue weighted by Gasteiger charge is 2.15. The molecule has 64 valence electrons. The van der Waals surface area contributed by atoms with Crippen molar-refractivity contribution in [2.24, 2.45) is 0 Å². The summed E-state index contributed by atoms with van der Waals surface area (Å²) in [6.07, 6.45) is 3.06. The minimum absolute atomic E-state index is 0.328. The molecule has 11 heavy (non-hydrogen) atoms. The molecule has 0 rings (SSSR count). The van der Waals surface area contributed by atoms with Gasteiger partial charge in [-0.15, -0.1) is 10.1 Å². The lowest BCUT2D eigenvalue weighted by molar-refractivity contribution is -0.721. The summed E-state index contributed by atoms with van der Waals surface area (Å²) in [6, 6.07) is 0. The van der Waals surface area contributed by atoms with Crippen LogP contribution in [0, 0.1) is 10.1 Å². The molecule has 0 aliphatic carbocycles. The number of hydrogen-bond donors (Lipinski definition) is 1. The van der Waals surface area contributed by atoms with Gasteiger partial charge in [-0.05, 0) is 6.32 Å². The fraction of sp³-hybridized carbons (Fsp3) is 1.00. The highest BCUT2D eigenvalue weighted by molar-refractivity contribution is 6.42. The third kappa shape index (κ3) is 7.12. The second kappa shape index (κ2) is 5.97. The first kappa shape index (κ1) is 10.2. The fourth-order valence-corrected chi connectivity index (χ4v) is 0.721. The highest BCUT2D eigenvalue weighted by atomic mass is 16.9. The molecule has 6 heteroatoms. The molecule has 0 saturated heterocycles. The summed E-state index contributed by atoms with van der Waals surface area (Å²) in [5.74, 6) is 0. The minimum Gasteiger partial charge on any atom is -0.429 e. The molecular formula is C5H12BNO4. The second-order valence-corrected chi connectivity index (χ2v) is 2.28. The van der Waals surface area contributed by atoms with E-state index in [1.54, 1.807) is 0 Å². The molecule has 0 heterocycles. The predicted octanol–water partition coefficient (Wildman–Crippen LogP) is 0.865. The summed E-state index contributed by atoms with van der Waals surface area (Å²) in [7, 11) is -1.25. The molecule has 0 aromatic carbocycles. The summed E-state index contributed by atoms with van der Waals surface area (Å²) in [5, 5.41) is 17.5. The van der Waals surface area contributed by atoms with E-state index in [-0.39, 0.29) is 0 Å². The number of nitrogens with zero attached hydrogens (tertiary/aromatic N) is 1. The summed E-state index contributed by atoms with van der Waals surface area (Å²) in [4.78, 5) is 9.67. The molecule has 0 amide bonds. The number of hydrogen-bond acceptors (Lipinski definition) is 4. The predicted molar refractivity (Wildman–Crippen MR) is 40.4 cm³/mol. The summed E-state index contributed by atoms with van der Waals surface area (Å²) in [6.45, 7) is 2.01. The van der Waals surface area contributed by atoms with Gasteiger partial charge in [-0.3, -0.25) is 0 Å². The Kier molecular flexibility index (Phi) is 5.55. The van der Waals surface area contributed by atoms with Crippen molar-refractivity contribution in [1.82, 2.24) is 0 Å². The SMILES string of the molecule is CCCCCB(O)O[N+](=O)[O-]. The molecule has 0 bridgehead atoms. The molecule has 0 saturated carbocycles. The van der Waals surface area contributed by atoms with E-state index in [1.807, 2.05) is 6.92 Å². The van der Waals surface area contributed by atoms with Crippen molar-refractivity contribution in [2.45, 2.75) is 32.5 Å². The Balaban J connectivity index is 3.22. The van der Waals surface area contributed by atoms with Crippen LogP contribution < -0.4 is 0 Å². The first-order valence-corrected chi connectivity index (χ1v) is 3.66. The Morgan fingerprint density at radius 3 is 2.73 bits per heavy atom. The first-order valence-electron chi connectivity index (χ1n) is 3.66. The molecule has 5 nitrogen and oxygen atoms in total. The van der Waals surface area contributed by atoms with Crippen molar-refractivity contribution in [3.05, 3.63) is 10.1 Å². The van der Waals surface area contributed by atoms with Gasteiger partial charge in [0.25, 0.3) is 5.09 Å². The Labute approximate surface area is 65.6 Å². The molecule has 0 aromatic heterocycles. The van der Waals surface area contributed by atoms with Gasteiger partial charge in [0.15, 0.2) is 0 Å². The van der Waals surface area contributed by atoms with Gasteiger partial charge in [0.2, 0.25) is 0 Å². The van der Waals surface area contributed by atoms with Crippen LogP contribution in [0.5, 0.6) is 0 Å². The maximum Gasteiger partial charge on any atom is 0.500 e. The molecule has 0 aliphatic heterocycles. The number of rotatable bonds is 6. The summed E-state index contributed by atoms with van der Waals surface area (Å²) >= 11 is 0. The topological polar surface area (TPSA) is 72.6 Å². The van der Waals surface area contributed by atoms with Crippen LogP contribution in [-0.4, -0.2) is 17.2 Å². The maximum absolute atomic E-state index is 9.67. The zero-order valence-corrected chi connectivity index (χ0v) is 6.52. The lowest BCUT2D eigenvalue weighted by atomic mass is 9.83. The van der Waals surface area contributed by atoms with Gasteiger partial charge in [0.05, 0.1) is 0 Å². The third-order valence-electron chi connectivity index (χ3n) is 1.26. The van der Waals surface area contributed by atoms with E-state index >= 15 is 0 Å². The lowest BCUT2D eigenvalue weighted by Crippen LogP contribution is -2.21. The molecule has 1 N–H and O–H groups in total. The monoisotopic (exact) mass is 161 g/mol. The Morgan fingerprint density at radius 2 is 2.27 bits per heavy atom. The molecule has 0 fully saturated rings. The van der Waals surface area contributed by atoms with E-state index in [1.165, 1.54) is 0 Å². The Morgan fingerprint density at radius 1 is 1.64 bits per heavy atom. The second-order valence-electron chi connectivity index (χ2n) is 2.28. The molecule has 0 unspecified atom stereocenters. The smallest absolute Gasteiger partial charge is 0.429 e. The molecule has 0 spiro atoms. The van der Waals surface area contributed by atoms with Crippen LogP contribution in [0.25, 0.3) is 0 Å². The lowest BCUT2D eigenvalue weighted by Gasteiger charge is -2.01. The Hall–Kier alpha value is -0.775. The van der Waals surface area contributed by atoms with Gasteiger partial charge < -0.3 is 9.78 Å². The molecule has 0 atom stereocenters. The average Bonchev–Trinajstić information content (AvgIpc) is 1.86. The van der Waals surface area contributed by atoms with Crippen molar-refractivity contribution in [1.29, 1.82) is 0 Å². The van der Waals surface area contributed by atoms with Gasteiger partial charge in [-0.2, -0.15) is 0 Å². The van der Waals surface area contributed by atoms with Crippen LogP contribution in [-0.2, 0) is 4.76 Å². The van der Waals surface area contributed by atoms with Crippen molar-refractivity contribution >= 4 is 7.12 Å². The third-order valence-corrected chi connectivity index (χ3v) is 1.26. The van der Waals surface area contributed by atoms with Crippen LogP contribution in [0.2, 0.25) is 6.32 Å².